The Morgan fingerprint density at radius 3 is 2.26 bits per heavy atom. The second-order valence-electron chi connectivity index (χ2n) is 5.53. The summed E-state index contributed by atoms with van der Waals surface area (Å²) < 4.78 is 0. The van der Waals surface area contributed by atoms with E-state index in [4.69, 9.17) is 5.11 Å². The van der Waals surface area contributed by atoms with Gasteiger partial charge in [0.05, 0.1) is 6.42 Å². The summed E-state index contributed by atoms with van der Waals surface area (Å²) >= 11 is 0. The normalized spacial score (nSPS) is 16.7. The van der Waals surface area contributed by atoms with Gasteiger partial charge in [-0.15, -0.1) is 0 Å². The molecule has 1 aliphatic rings. The van der Waals surface area contributed by atoms with Crippen molar-refractivity contribution in [2.24, 2.45) is 5.92 Å². The van der Waals surface area contributed by atoms with E-state index in [2.05, 4.69) is 18.7 Å². The number of carboxylic acids is 1. The van der Waals surface area contributed by atoms with Crippen molar-refractivity contribution in [3.05, 3.63) is 0 Å². The smallest absolute Gasteiger partial charge is 0.319 e. The highest BCUT2D eigenvalue weighted by molar-refractivity contribution is 5.74. The highest BCUT2D eigenvalue weighted by Crippen LogP contribution is 2.07. The Morgan fingerprint density at radius 2 is 1.79 bits per heavy atom. The van der Waals surface area contributed by atoms with Crippen molar-refractivity contribution in [2.45, 2.75) is 20.3 Å². The monoisotopic (exact) mass is 271 g/mol. The van der Waals surface area contributed by atoms with Crippen molar-refractivity contribution in [3.63, 3.8) is 0 Å². The van der Waals surface area contributed by atoms with E-state index in [0.717, 1.165) is 19.6 Å². The van der Waals surface area contributed by atoms with Crippen LogP contribution in [-0.4, -0.2) is 78.1 Å². The first-order chi connectivity index (χ1) is 8.90. The molecule has 0 aromatic rings. The number of amides is 2. The second kappa shape index (κ2) is 7.33. The summed E-state index contributed by atoms with van der Waals surface area (Å²) in [6, 6.07) is 0.0755. The molecule has 0 unspecified atom stereocenters. The Labute approximate surface area is 115 Å². The van der Waals surface area contributed by atoms with Crippen LogP contribution in [0, 0.1) is 5.92 Å². The minimum atomic E-state index is -0.768. The molecule has 0 radical (unpaired) electrons. The van der Waals surface area contributed by atoms with Crippen LogP contribution >= 0.6 is 0 Å². The fourth-order valence-electron chi connectivity index (χ4n) is 2.28. The van der Waals surface area contributed by atoms with Crippen molar-refractivity contribution < 1.29 is 14.7 Å². The minimum absolute atomic E-state index is 0.0755. The maximum absolute atomic E-state index is 12.1. The molecule has 0 bridgehead atoms. The van der Waals surface area contributed by atoms with Gasteiger partial charge in [0.25, 0.3) is 0 Å². The van der Waals surface area contributed by atoms with Crippen LogP contribution in [0.2, 0.25) is 0 Å². The summed E-state index contributed by atoms with van der Waals surface area (Å²) in [4.78, 5) is 28.4. The Hall–Kier alpha value is -1.30. The molecule has 110 valence electrons. The van der Waals surface area contributed by atoms with E-state index in [1.807, 2.05) is 11.9 Å². The predicted octanol–water partition coefficient (Wildman–Crippen LogP) is 0.786. The molecule has 0 atom stereocenters. The average Bonchev–Trinajstić information content (AvgIpc) is 2.35. The maximum Gasteiger partial charge on any atom is 0.319 e. The minimum Gasteiger partial charge on any atom is -0.481 e. The molecule has 6 heteroatoms. The second-order valence-corrected chi connectivity index (χ2v) is 5.53. The molecule has 1 N–H and O–H groups in total. The maximum atomic E-state index is 12.1. The molecule has 1 aliphatic heterocycles. The van der Waals surface area contributed by atoms with Crippen LogP contribution in [0.4, 0.5) is 4.79 Å². The summed E-state index contributed by atoms with van der Waals surface area (Å²) in [7, 11) is 1.83. The lowest BCUT2D eigenvalue weighted by atomic mass is 10.2. The third-order valence-electron chi connectivity index (χ3n) is 3.25. The van der Waals surface area contributed by atoms with Gasteiger partial charge in [-0.05, 0) is 5.92 Å². The van der Waals surface area contributed by atoms with Gasteiger partial charge in [0.1, 0.15) is 0 Å². The lowest BCUT2D eigenvalue weighted by Gasteiger charge is -2.36. The Morgan fingerprint density at radius 1 is 1.21 bits per heavy atom. The zero-order chi connectivity index (χ0) is 14.4. The lowest BCUT2D eigenvalue weighted by molar-refractivity contribution is -0.137. The molecule has 1 saturated heterocycles. The summed E-state index contributed by atoms with van der Waals surface area (Å²) in [5, 5.41) is 8.64. The number of carboxylic acid groups (broad SMARTS) is 1. The van der Waals surface area contributed by atoms with Gasteiger partial charge in [-0.1, -0.05) is 13.8 Å². The van der Waals surface area contributed by atoms with Gasteiger partial charge in [0.15, 0.2) is 0 Å². The van der Waals surface area contributed by atoms with Crippen LogP contribution in [0.25, 0.3) is 0 Å². The largest absolute Gasteiger partial charge is 0.481 e. The number of hydrogen-bond acceptors (Lipinski definition) is 3. The zero-order valence-electron chi connectivity index (χ0n) is 12.1. The van der Waals surface area contributed by atoms with Crippen molar-refractivity contribution in [2.75, 3.05) is 46.3 Å². The molecular formula is C13H25N3O3. The molecule has 1 heterocycles. The third kappa shape index (κ3) is 5.46. The van der Waals surface area contributed by atoms with E-state index in [9.17, 15) is 9.59 Å². The van der Waals surface area contributed by atoms with Crippen LogP contribution in [0.1, 0.15) is 20.3 Å². The number of aliphatic carboxylic acids is 1. The Kier molecular flexibility index (Phi) is 6.08. The van der Waals surface area contributed by atoms with E-state index >= 15 is 0 Å². The SMILES string of the molecule is CC(C)CN(C)C(=O)N1CCN(CCC(=O)O)CC1. The quantitative estimate of drug-likeness (QED) is 0.803. The summed E-state index contributed by atoms with van der Waals surface area (Å²) in [5.74, 6) is -0.305. The van der Waals surface area contributed by atoms with E-state index < -0.39 is 5.97 Å². The molecule has 6 nitrogen and oxygen atoms in total. The van der Waals surface area contributed by atoms with Crippen LogP contribution in [0.5, 0.6) is 0 Å². The number of urea groups is 1. The van der Waals surface area contributed by atoms with Gasteiger partial charge in [0, 0.05) is 46.3 Å². The molecule has 2 amide bonds. The van der Waals surface area contributed by atoms with Crippen LogP contribution in [0.15, 0.2) is 0 Å². The number of rotatable bonds is 5. The molecular weight excluding hydrogens is 246 g/mol. The van der Waals surface area contributed by atoms with E-state index in [0.29, 0.717) is 25.6 Å². The van der Waals surface area contributed by atoms with Gasteiger partial charge >= 0.3 is 12.0 Å². The third-order valence-corrected chi connectivity index (χ3v) is 3.25. The Bertz CT molecular complexity index is 312. The van der Waals surface area contributed by atoms with Gasteiger partial charge in [0.2, 0.25) is 0 Å². The summed E-state index contributed by atoms with van der Waals surface area (Å²) in [6.07, 6.45) is 0.168. The molecule has 1 fully saturated rings. The molecule has 1 rings (SSSR count). The molecule has 0 aromatic carbocycles. The fraction of sp³-hybridized carbons (Fsp3) is 0.846. The van der Waals surface area contributed by atoms with E-state index in [1.165, 1.54) is 0 Å². The topological polar surface area (TPSA) is 64.1 Å². The first-order valence-electron chi connectivity index (χ1n) is 6.84. The summed E-state index contributed by atoms with van der Waals surface area (Å²) in [5.41, 5.74) is 0. The highest BCUT2D eigenvalue weighted by atomic mass is 16.4. The van der Waals surface area contributed by atoms with Gasteiger partial charge in [-0.2, -0.15) is 0 Å². The first kappa shape index (κ1) is 15.8. The molecule has 0 aliphatic carbocycles. The van der Waals surface area contributed by atoms with E-state index in [-0.39, 0.29) is 12.5 Å². The molecule has 0 aromatic heterocycles. The number of carbonyl (C=O) groups is 2. The number of carbonyl (C=O) groups excluding carboxylic acids is 1. The van der Waals surface area contributed by atoms with Crippen molar-refractivity contribution in [1.82, 2.24) is 14.7 Å². The van der Waals surface area contributed by atoms with Gasteiger partial charge in [-0.25, -0.2) is 4.79 Å². The van der Waals surface area contributed by atoms with Crippen LogP contribution in [0.3, 0.4) is 0 Å². The van der Waals surface area contributed by atoms with Gasteiger partial charge in [-0.3, -0.25) is 9.69 Å². The summed E-state index contributed by atoms with van der Waals surface area (Å²) in [6.45, 7) is 8.39. The molecule has 0 saturated carbocycles. The number of nitrogens with zero attached hydrogens (tertiary/aromatic N) is 3. The van der Waals surface area contributed by atoms with Crippen molar-refractivity contribution >= 4 is 12.0 Å². The standard InChI is InChI=1S/C13H25N3O3/c1-11(2)10-14(3)13(19)16-8-6-15(7-9-16)5-4-12(17)18/h11H,4-10H2,1-3H3,(H,17,18). The van der Waals surface area contributed by atoms with Crippen molar-refractivity contribution in [1.29, 1.82) is 0 Å². The molecule has 19 heavy (non-hydrogen) atoms. The van der Waals surface area contributed by atoms with E-state index in [1.54, 1.807) is 4.90 Å². The Balaban J connectivity index is 2.32. The van der Waals surface area contributed by atoms with Gasteiger partial charge < -0.3 is 14.9 Å². The van der Waals surface area contributed by atoms with Crippen LogP contribution in [-0.2, 0) is 4.79 Å². The lowest BCUT2D eigenvalue weighted by Crippen LogP contribution is -2.52. The zero-order valence-corrected chi connectivity index (χ0v) is 12.1. The number of piperazine rings is 1. The predicted molar refractivity (Wildman–Crippen MR) is 73.1 cm³/mol. The molecule has 0 spiro atoms. The highest BCUT2D eigenvalue weighted by Gasteiger charge is 2.23. The van der Waals surface area contributed by atoms with Crippen LogP contribution < -0.4 is 0 Å². The fourth-order valence-corrected chi connectivity index (χ4v) is 2.28. The van der Waals surface area contributed by atoms with Crippen molar-refractivity contribution in [3.8, 4) is 0 Å². The average molecular weight is 271 g/mol. The number of hydrogen-bond donors (Lipinski definition) is 1. The first-order valence-corrected chi connectivity index (χ1v) is 6.84.